The summed E-state index contributed by atoms with van der Waals surface area (Å²) in [5.74, 6) is 1.32. The molecule has 2 aromatic carbocycles. The summed E-state index contributed by atoms with van der Waals surface area (Å²) in [6.07, 6.45) is 11.5. The molecule has 8 heterocycles. The van der Waals surface area contributed by atoms with E-state index in [9.17, 15) is 19.8 Å². The van der Waals surface area contributed by atoms with Gasteiger partial charge in [-0.25, -0.2) is 19.5 Å². The topological polar surface area (TPSA) is 120 Å². The highest BCUT2D eigenvalue weighted by Gasteiger charge is 2.56. The van der Waals surface area contributed by atoms with E-state index < -0.39 is 17.8 Å². The maximum atomic E-state index is 14.8. The molecule has 0 aliphatic carbocycles. The number of anilines is 1. The maximum absolute atomic E-state index is 14.8. The molecule has 5 aliphatic rings. The van der Waals surface area contributed by atoms with Crippen LogP contribution in [0.3, 0.4) is 0 Å². The number of hydrogen-bond acceptors (Lipinski definition) is 9. The average molecular weight is 898 g/mol. The zero-order valence-corrected chi connectivity index (χ0v) is 35.2. The first kappa shape index (κ1) is 37.7. The quantitative estimate of drug-likeness (QED) is 0.169. The van der Waals surface area contributed by atoms with Gasteiger partial charge in [-0.1, -0.05) is 34.8 Å². The predicted octanol–water partition coefficient (Wildman–Crippen LogP) is 6.39. The van der Waals surface area contributed by atoms with Crippen molar-refractivity contribution in [2.45, 2.75) is 50.5 Å². The normalized spacial score (nSPS) is 22.3. The first-order valence-electron chi connectivity index (χ1n) is 18.5. The number of aromatic hydroxyl groups is 1. The van der Waals surface area contributed by atoms with Gasteiger partial charge in [-0.3, -0.25) is 0 Å². The number of quaternary nitrogens is 1. The van der Waals surface area contributed by atoms with Crippen molar-refractivity contribution in [1.82, 2.24) is 9.55 Å². The summed E-state index contributed by atoms with van der Waals surface area (Å²) >= 11 is 29.2. The van der Waals surface area contributed by atoms with Gasteiger partial charge in [-0.05, 0) is 77.9 Å². The summed E-state index contributed by atoms with van der Waals surface area (Å²) in [6, 6.07) is 11.0. The highest BCUT2D eigenvalue weighted by atomic mass is 35.5. The van der Waals surface area contributed by atoms with Crippen LogP contribution in [-0.2, 0) is 11.3 Å². The summed E-state index contributed by atoms with van der Waals surface area (Å²) < 4.78 is 13.6. The van der Waals surface area contributed by atoms with Gasteiger partial charge in [0.25, 0.3) is 12.0 Å². The van der Waals surface area contributed by atoms with Crippen LogP contribution in [0.15, 0.2) is 89.5 Å². The van der Waals surface area contributed by atoms with E-state index in [1.165, 1.54) is 22.7 Å². The van der Waals surface area contributed by atoms with Crippen molar-refractivity contribution in [2.75, 3.05) is 18.6 Å². The minimum atomic E-state index is -0.532. The van der Waals surface area contributed by atoms with E-state index in [1.54, 1.807) is 64.9 Å². The molecule has 0 radical (unpaired) electrons. The number of aliphatic hydroxyl groups is 1. The summed E-state index contributed by atoms with van der Waals surface area (Å²) in [4.78, 5) is 37.5. The number of amides is 1. The minimum absolute atomic E-state index is 0.0939. The molecule has 4 atom stereocenters. The van der Waals surface area contributed by atoms with Gasteiger partial charge in [0.05, 0.1) is 37.1 Å². The molecule has 5 aliphatic heterocycles. The second-order valence-electron chi connectivity index (χ2n) is 14.6. The van der Waals surface area contributed by atoms with Gasteiger partial charge >= 0.3 is 33.6 Å². The van der Waals surface area contributed by atoms with Gasteiger partial charge in [-0.2, -0.15) is 14.0 Å². The van der Waals surface area contributed by atoms with Crippen LogP contribution in [-0.4, -0.2) is 49.7 Å². The number of thiazole rings is 2. The molecule has 0 saturated heterocycles. The molecule has 10 rings (SSSR count). The Morgan fingerprint density at radius 3 is 2.50 bits per heavy atom. The number of carbonyl (C=O) groups excluding carboxylic acids is 1. The number of rotatable bonds is 6. The van der Waals surface area contributed by atoms with Crippen molar-refractivity contribution in [3.63, 3.8) is 0 Å². The lowest BCUT2D eigenvalue weighted by Crippen LogP contribution is -3.15. The Kier molecular flexibility index (Phi) is 9.32. The number of nitrogens with zero attached hydrogens (tertiary/aromatic N) is 6. The Balaban J connectivity index is 1.11. The molecular formula is C40H33Cl4N7O5S2+4. The third-order valence-electron chi connectivity index (χ3n) is 11.5. The van der Waals surface area contributed by atoms with Crippen LogP contribution in [0.25, 0.3) is 16.7 Å². The van der Waals surface area contributed by atoms with Crippen LogP contribution in [0.4, 0.5) is 5.95 Å². The van der Waals surface area contributed by atoms with Gasteiger partial charge in [-0.15, -0.1) is 20.5 Å². The van der Waals surface area contributed by atoms with Crippen molar-refractivity contribution in [3.05, 3.63) is 129 Å². The fourth-order valence-corrected chi connectivity index (χ4v) is 12.0. The number of amidine groups is 1. The molecule has 5 aromatic rings. The summed E-state index contributed by atoms with van der Waals surface area (Å²) in [5, 5.41) is 24.7. The zero-order chi connectivity index (χ0) is 40.1. The molecule has 0 fully saturated rings. The number of halogens is 4. The van der Waals surface area contributed by atoms with Gasteiger partial charge < -0.3 is 14.9 Å². The molecule has 0 saturated carbocycles. The lowest BCUT2D eigenvalue weighted by atomic mass is 9.92. The van der Waals surface area contributed by atoms with Crippen molar-refractivity contribution in [1.29, 1.82) is 0 Å². The number of carbonyl (C=O) groups is 1. The molecule has 1 amide bonds. The first-order valence-corrected chi connectivity index (χ1v) is 21.7. The Morgan fingerprint density at radius 1 is 1.00 bits per heavy atom. The number of allylic oxidation sites excluding steroid dienone is 2. The summed E-state index contributed by atoms with van der Waals surface area (Å²) in [5.41, 5.74) is 1.87. The van der Waals surface area contributed by atoms with Crippen LogP contribution < -0.4 is 29.2 Å². The molecule has 294 valence electrons. The van der Waals surface area contributed by atoms with E-state index in [0.717, 1.165) is 15.3 Å². The van der Waals surface area contributed by atoms with Gasteiger partial charge in [0.2, 0.25) is 6.04 Å². The average Bonchev–Trinajstić information content (AvgIpc) is 3.83. The van der Waals surface area contributed by atoms with Crippen LogP contribution in [0.2, 0.25) is 19.0 Å². The van der Waals surface area contributed by atoms with E-state index in [-0.39, 0.29) is 34.8 Å². The summed E-state index contributed by atoms with van der Waals surface area (Å²) in [6.45, 7) is 1.04. The highest BCUT2D eigenvalue weighted by Crippen LogP contribution is 2.44. The number of aliphatic hydroxyl groups excluding tert-OH is 1. The Labute approximate surface area is 359 Å². The Morgan fingerprint density at radius 2 is 1.78 bits per heavy atom. The second kappa shape index (κ2) is 14.3. The molecule has 3 aromatic heterocycles. The van der Waals surface area contributed by atoms with E-state index in [0.29, 0.717) is 91.3 Å². The van der Waals surface area contributed by atoms with Crippen molar-refractivity contribution in [2.24, 2.45) is 0 Å². The lowest BCUT2D eigenvalue weighted by molar-refractivity contribution is -0.734. The number of nitrogens with one attached hydrogen (secondary N) is 1. The maximum Gasteiger partial charge on any atom is 0.389 e. The monoisotopic (exact) mass is 895 g/mol. The minimum Gasteiger partial charge on any atom is -0.497 e. The SMILES string of the molecule is COc1ccc(C2=C(O)[N+]3=C4C(=CC=C[NH+]4C2=O)CCC3c2c[n+](C3CC(c4cnc(Cl)s4)n4c5[n+](c(O)c(-c6cc(Cl)cc(Cl)c6)c4=O)CCCN53)c(Cl)s2)cc1. The number of hydrogen-bond donors (Lipinski definition) is 3. The van der Waals surface area contributed by atoms with Crippen molar-refractivity contribution < 1.29 is 38.4 Å². The number of methoxy groups -OCH3 is 1. The highest BCUT2D eigenvalue weighted by molar-refractivity contribution is 7.16. The van der Waals surface area contributed by atoms with E-state index in [4.69, 9.17) is 51.1 Å². The zero-order valence-electron chi connectivity index (χ0n) is 30.5. The smallest absolute Gasteiger partial charge is 0.389 e. The molecule has 0 bridgehead atoms. The van der Waals surface area contributed by atoms with Crippen molar-refractivity contribution in [3.8, 4) is 22.8 Å². The van der Waals surface area contributed by atoms with Crippen LogP contribution >= 0.6 is 69.1 Å². The Bertz CT molecular complexity index is 2770. The first-order chi connectivity index (χ1) is 28.0. The van der Waals surface area contributed by atoms with Gasteiger partial charge in [0.1, 0.15) is 28.4 Å². The fourth-order valence-electron chi connectivity index (χ4n) is 8.99. The molecule has 0 spiro atoms. The standard InChI is InChI=1S/C40H30Cl4N7O5S2/c1-56-25-8-5-20(6-9-25)31-34(52)47-11-2-4-21-7-10-26(50(33(21)47)36(31)54)29-19-49(39(44)58-29)30-17-27(28-18-45-38(43)57-28)51-37(55)32(22-14-23(41)16-24(42)15-22)35(53)48-13-3-12-46(30)40(48)51/h2,4-6,8-9,11,14-16,18-19,26-27,30H,3,7,10,12-13,17H2,1H3/q+1/p+3. The molecular weight excluding hydrogens is 864 g/mol. The van der Waals surface area contributed by atoms with Crippen LogP contribution in [0.1, 0.15) is 59.3 Å². The number of benzene rings is 2. The third-order valence-corrected chi connectivity index (χ3v) is 14.5. The van der Waals surface area contributed by atoms with Crippen molar-refractivity contribution >= 4 is 92.3 Å². The van der Waals surface area contributed by atoms with Gasteiger partial charge in [0, 0.05) is 46.2 Å². The van der Waals surface area contributed by atoms with E-state index in [1.807, 2.05) is 33.7 Å². The molecule has 58 heavy (non-hydrogen) atoms. The lowest BCUT2D eigenvalue weighted by Gasteiger charge is -2.36. The van der Waals surface area contributed by atoms with E-state index in [2.05, 4.69) is 9.88 Å². The summed E-state index contributed by atoms with van der Waals surface area (Å²) in [7, 11) is 1.58. The largest absolute Gasteiger partial charge is 0.497 e. The Hall–Kier alpha value is -4.54. The fraction of sp³-hybridized carbons (Fsp3) is 0.250. The number of ether oxygens (including phenoxy) is 1. The third kappa shape index (κ3) is 5.87. The van der Waals surface area contributed by atoms with Crippen LogP contribution in [0.5, 0.6) is 11.6 Å². The van der Waals surface area contributed by atoms with Crippen LogP contribution in [0, 0.1) is 0 Å². The molecule has 12 nitrogen and oxygen atoms in total. The molecule has 18 heteroatoms. The predicted molar refractivity (Wildman–Crippen MR) is 221 cm³/mol. The molecule has 3 N–H and O–H groups in total. The van der Waals surface area contributed by atoms with Gasteiger partial charge in [0.15, 0.2) is 16.2 Å². The second-order valence-corrected chi connectivity index (χ2v) is 18.7. The number of aromatic nitrogens is 4. The molecule has 4 unspecified atom stereocenters. The van der Waals surface area contributed by atoms with E-state index >= 15 is 0 Å².